The zero-order valence-electron chi connectivity index (χ0n) is 13.5. The van der Waals surface area contributed by atoms with Crippen LogP contribution < -0.4 is 5.73 Å². The number of nitrogen functional groups attached to an aromatic ring is 1. The van der Waals surface area contributed by atoms with Crippen LogP contribution >= 0.6 is 0 Å². The number of hydrogen-bond donors (Lipinski definition) is 1. The van der Waals surface area contributed by atoms with E-state index < -0.39 is 0 Å². The van der Waals surface area contributed by atoms with Crippen molar-refractivity contribution in [2.75, 3.05) is 5.73 Å². The van der Waals surface area contributed by atoms with Crippen LogP contribution in [0.5, 0.6) is 0 Å². The molecule has 0 spiro atoms. The highest BCUT2D eigenvalue weighted by Crippen LogP contribution is 2.27. The van der Waals surface area contributed by atoms with Gasteiger partial charge in [0.25, 0.3) is 0 Å². The number of fused-ring (bicyclic) bond motifs is 1. The van der Waals surface area contributed by atoms with Crippen molar-refractivity contribution in [2.45, 2.75) is 47.6 Å². The van der Waals surface area contributed by atoms with Gasteiger partial charge in [-0.3, -0.25) is 9.25 Å². The highest BCUT2D eigenvalue weighted by atomic mass is 15.3. The molecule has 2 N–H and O–H groups in total. The third-order valence-electron chi connectivity index (χ3n) is 4.26. The van der Waals surface area contributed by atoms with E-state index in [0.717, 1.165) is 29.8 Å². The third-order valence-corrected chi connectivity index (χ3v) is 4.26. The van der Waals surface area contributed by atoms with Crippen LogP contribution in [0.4, 0.5) is 5.95 Å². The van der Waals surface area contributed by atoms with E-state index >= 15 is 0 Å². The van der Waals surface area contributed by atoms with Crippen molar-refractivity contribution in [3.05, 3.63) is 5.69 Å². The maximum atomic E-state index is 6.15. The smallest absolute Gasteiger partial charge is 0.202 e. The molecule has 2 aromatic heterocycles. The number of nitrogens with two attached hydrogens (primary N) is 1. The maximum absolute atomic E-state index is 6.15. The minimum absolute atomic E-state index is 0.578. The Morgan fingerprint density at radius 1 is 1.15 bits per heavy atom. The molecule has 0 aromatic carbocycles. The van der Waals surface area contributed by atoms with Crippen molar-refractivity contribution in [3.8, 4) is 0 Å². The highest BCUT2D eigenvalue weighted by Gasteiger charge is 2.23. The minimum Gasteiger partial charge on any atom is -0.369 e. The van der Waals surface area contributed by atoms with Gasteiger partial charge in [0.05, 0.1) is 5.69 Å². The lowest BCUT2D eigenvalue weighted by atomic mass is 9.85. The van der Waals surface area contributed by atoms with Gasteiger partial charge in [-0.25, -0.2) is 4.98 Å². The Bertz CT molecular complexity index is 583. The summed E-state index contributed by atoms with van der Waals surface area (Å²) >= 11 is 0. The van der Waals surface area contributed by atoms with Crippen molar-refractivity contribution in [2.24, 2.45) is 24.8 Å². The fraction of sp³-hybridized carbons (Fsp3) is 0.733. The molecule has 2 rings (SSSR count). The van der Waals surface area contributed by atoms with Crippen LogP contribution in [0.1, 0.15) is 40.3 Å². The van der Waals surface area contributed by atoms with E-state index in [-0.39, 0.29) is 0 Å². The first kappa shape index (κ1) is 14.9. The Kier molecular flexibility index (Phi) is 4.06. The van der Waals surface area contributed by atoms with E-state index in [1.807, 2.05) is 11.7 Å². The molecule has 20 heavy (non-hydrogen) atoms. The number of hydrogen-bond acceptors (Lipinski definition) is 3. The van der Waals surface area contributed by atoms with Gasteiger partial charge in [0.15, 0.2) is 5.65 Å². The van der Waals surface area contributed by atoms with Gasteiger partial charge in [0.1, 0.15) is 5.52 Å². The number of aromatic nitrogens is 4. The average molecular weight is 277 g/mol. The molecular weight excluding hydrogens is 250 g/mol. The molecule has 0 amide bonds. The van der Waals surface area contributed by atoms with Gasteiger partial charge in [0, 0.05) is 13.6 Å². The molecule has 2 heterocycles. The van der Waals surface area contributed by atoms with Crippen LogP contribution in [0.3, 0.4) is 0 Å². The predicted molar refractivity (Wildman–Crippen MR) is 83.5 cm³/mol. The molecule has 0 radical (unpaired) electrons. The van der Waals surface area contributed by atoms with E-state index in [4.69, 9.17) is 5.73 Å². The Morgan fingerprint density at radius 2 is 1.75 bits per heavy atom. The zero-order valence-corrected chi connectivity index (χ0v) is 13.5. The molecule has 5 nitrogen and oxygen atoms in total. The van der Waals surface area contributed by atoms with E-state index in [9.17, 15) is 0 Å². The summed E-state index contributed by atoms with van der Waals surface area (Å²) in [5.41, 5.74) is 9.18. The normalized spacial score (nSPS) is 12.4. The van der Waals surface area contributed by atoms with Crippen molar-refractivity contribution >= 4 is 17.1 Å². The fourth-order valence-electron chi connectivity index (χ4n) is 3.08. The van der Waals surface area contributed by atoms with Gasteiger partial charge in [0.2, 0.25) is 5.95 Å². The zero-order chi connectivity index (χ0) is 15.0. The molecule has 2 aromatic rings. The summed E-state index contributed by atoms with van der Waals surface area (Å²) in [6.45, 7) is 12.1. The SMILES string of the molecule is CCc1nn(C)c2c1nc(N)n2CC(C(C)C)C(C)C. The molecule has 5 heteroatoms. The molecule has 112 valence electrons. The van der Waals surface area contributed by atoms with Crippen LogP contribution in [0, 0.1) is 17.8 Å². The van der Waals surface area contributed by atoms with E-state index in [0.29, 0.717) is 23.7 Å². The number of anilines is 1. The lowest BCUT2D eigenvalue weighted by molar-refractivity contribution is 0.254. The Hall–Kier alpha value is -1.52. The van der Waals surface area contributed by atoms with Crippen LogP contribution in [-0.4, -0.2) is 19.3 Å². The first-order valence-corrected chi connectivity index (χ1v) is 7.54. The maximum Gasteiger partial charge on any atom is 0.202 e. The molecule has 0 unspecified atom stereocenters. The number of aryl methyl sites for hydroxylation is 2. The van der Waals surface area contributed by atoms with Crippen molar-refractivity contribution in [1.82, 2.24) is 19.3 Å². The quantitative estimate of drug-likeness (QED) is 0.914. The molecule has 0 atom stereocenters. The standard InChI is InChI=1S/C15H27N5/c1-7-12-13-14(19(6)18-12)20(15(16)17-13)8-11(9(2)3)10(4)5/h9-11H,7-8H2,1-6H3,(H2,16,17). The van der Waals surface area contributed by atoms with E-state index in [1.54, 1.807) is 0 Å². The summed E-state index contributed by atoms with van der Waals surface area (Å²) in [4.78, 5) is 4.53. The number of nitrogens with zero attached hydrogens (tertiary/aromatic N) is 4. The van der Waals surface area contributed by atoms with Crippen LogP contribution in [0.25, 0.3) is 11.2 Å². The van der Waals surface area contributed by atoms with Gasteiger partial charge >= 0.3 is 0 Å². The summed E-state index contributed by atoms with van der Waals surface area (Å²) in [5.74, 6) is 2.42. The Labute approximate surface area is 121 Å². The second-order valence-electron chi connectivity index (χ2n) is 6.33. The Balaban J connectivity index is 2.48. The first-order valence-electron chi connectivity index (χ1n) is 7.54. The van der Waals surface area contributed by atoms with Gasteiger partial charge < -0.3 is 5.73 Å². The van der Waals surface area contributed by atoms with Crippen LogP contribution in [0.15, 0.2) is 0 Å². The molecule has 0 saturated carbocycles. The minimum atomic E-state index is 0.578. The molecule has 0 aliphatic heterocycles. The predicted octanol–water partition coefficient (Wildman–Crippen LogP) is 2.84. The molecule has 0 aliphatic rings. The second kappa shape index (κ2) is 5.46. The summed E-state index contributed by atoms with van der Waals surface area (Å²) in [6, 6.07) is 0. The molecular formula is C15H27N5. The molecule has 0 aliphatic carbocycles. The van der Waals surface area contributed by atoms with Crippen molar-refractivity contribution in [3.63, 3.8) is 0 Å². The van der Waals surface area contributed by atoms with E-state index in [2.05, 4.69) is 49.3 Å². The summed E-state index contributed by atoms with van der Waals surface area (Å²) in [6.07, 6.45) is 0.881. The second-order valence-corrected chi connectivity index (χ2v) is 6.33. The molecule has 0 bridgehead atoms. The number of rotatable bonds is 5. The summed E-state index contributed by atoms with van der Waals surface area (Å²) < 4.78 is 4.04. The van der Waals surface area contributed by atoms with Gasteiger partial charge in [-0.2, -0.15) is 5.10 Å². The third kappa shape index (κ3) is 2.41. The largest absolute Gasteiger partial charge is 0.369 e. The fourth-order valence-corrected chi connectivity index (χ4v) is 3.08. The average Bonchev–Trinajstić information content (AvgIpc) is 2.83. The van der Waals surface area contributed by atoms with Crippen molar-refractivity contribution < 1.29 is 0 Å². The topological polar surface area (TPSA) is 61.7 Å². The van der Waals surface area contributed by atoms with Gasteiger partial charge in [-0.1, -0.05) is 34.6 Å². The van der Waals surface area contributed by atoms with Crippen LogP contribution in [0.2, 0.25) is 0 Å². The lowest BCUT2D eigenvalue weighted by Crippen LogP contribution is -2.23. The van der Waals surface area contributed by atoms with Crippen LogP contribution in [-0.2, 0) is 20.0 Å². The first-order chi connectivity index (χ1) is 9.36. The van der Waals surface area contributed by atoms with Crippen molar-refractivity contribution in [1.29, 1.82) is 0 Å². The Morgan fingerprint density at radius 3 is 2.25 bits per heavy atom. The highest BCUT2D eigenvalue weighted by molar-refractivity contribution is 5.77. The number of imidazole rings is 1. The van der Waals surface area contributed by atoms with E-state index in [1.165, 1.54) is 0 Å². The lowest BCUT2D eigenvalue weighted by Gasteiger charge is -2.25. The van der Waals surface area contributed by atoms with Gasteiger partial charge in [-0.05, 0) is 24.2 Å². The molecule has 0 saturated heterocycles. The monoisotopic (exact) mass is 277 g/mol. The molecule has 0 fully saturated rings. The van der Waals surface area contributed by atoms with Gasteiger partial charge in [-0.15, -0.1) is 0 Å². The summed E-state index contributed by atoms with van der Waals surface area (Å²) in [5, 5.41) is 4.54. The summed E-state index contributed by atoms with van der Waals surface area (Å²) in [7, 11) is 1.97.